The van der Waals surface area contributed by atoms with E-state index in [4.69, 9.17) is 0 Å². The first-order valence-electron chi connectivity index (χ1n) is 11.3. The Hall–Kier alpha value is -0.850. The van der Waals surface area contributed by atoms with Gasteiger partial charge >= 0.3 is 0 Å². The summed E-state index contributed by atoms with van der Waals surface area (Å²) >= 11 is 0. The van der Waals surface area contributed by atoms with Gasteiger partial charge in [-0.2, -0.15) is 0 Å². The predicted molar refractivity (Wildman–Crippen MR) is 110 cm³/mol. The molecule has 0 radical (unpaired) electrons. The van der Waals surface area contributed by atoms with Crippen molar-refractivity contribution in [3.05, 3.63) is 35.6 Å². The first-order valence-corrected chi connectivity index (χ1v) is 11.3. The highest BCUT2D eigenvalue weighted by atomic mass is 19.1. The van der Waals surface area contributed by atoms with Gasteiger partial charge in [-0.05, 0) is 91.7 Å². The van der Waals surface area contributed by atoms with Crippen LogP contribution in [-0.2, 0) is 0 Å². The van der Waals surface area contributed by atoms with Crippen molar-refractivity contribution in [2.75, 3.05) is 0 Å². The van der Waals surface area contributed by atoms with Crippen molar-refractivity contribution in [3.8, 4) is 0 Å². The molecule has 2 atom stereocenters. The van der Waals surface area contributed by atoms with Gasteiger partial charge in [0, 0.05) is 0 Å². The Morgan fingerprint density at radius 2 is 1.31 bits per heavy atom. The molecule has 0 heterocycles. The van der Waals surface area contributed by atoms with Crippen LogP contribution in [-0.4, -0.2) is 0 Å². The second-order valence-electron chi connectivity index (χ2n) is 9.44. The van der Waals surface area contributed by atoms with Crippen LogP contribution < -0.4 is 0 Å². The quantitative estimate of drug-likeness (QED) is 0.483. The summed E-state index contributed by atoms with van der Waals surface area (Å²) in [6.45, 7) is 7.23. The summed E-state index contributed by atoms with van der Waals surface area (Å²) in [4.78, 5) is 0. The van der Waals surface area contributed by atoms with E-state index in [0.717, 1.165) is 29.6 Å². The zero-order valence-corrected chi connectivity index (χ0v) is 17.2. The summed E-state index contributed by atoms with van der Waals surface area (Å²) in [6, 6.07) is 7.22. The molecule has 146 valence electrons. The molecule has 2 saturated carbocycles. The third-order valence-corrected chi connectivity index (χ3v) is 7.99. The SMILES string of the molecule is CCCC1CCC(C(C)C2CCC(C(C)c3ccc(F)cc3)CC2)CC1. The molecule has 0 N–H and O–H groups in total. The van der Waals surface area contributed by atoms with E-state index in [-0.39, 0.29) is 5.82 Å². The highest BCUT2D eigenvalue weighted by molar-refractivity contribution is 5.20. The average Bonchev–Trinajstić information content (AvgIpc) is 2.68. The summed E-state index contributed by atoms with van der Waals surface area (Å²) in [7, 11) is 0. The first kappa shape index (κ1) is 19.9. The number of hydrogen-bond acceptors (Lipinski definition) is 0. The molecule has 2 aliphatic carbocycles. The normalized spacial score (nSPS) is 32.2. The van der Waals surface area contributed by atoms with Crippen molar-refractivity contribution in [1.29, 1.82) is 0 Å². The van der Waals surface area contributed by atoms with Gasteiger partial charge in [-0.3, -0.25) is 0 Å². The standard InChI is InChI=1S/C25H39F/c1-4-5-20-6-8-21(9-7-20)18(2)22-10-12-23(13-11-22)19(3)24-14-16-25(26)17-15-24/h14-23H,4-13H2,1-3H3. The van der Waals surface area contributed by atoms with Crippen molar-refractivity contribution < 1.29 is 4.39 Å². The van der Waals surface area contributed by atoms with Crippen molar-refractivity contribution in [2.24, 2.45) is 29.6 Å². The van der Waals surface area contributed by atoms with E-state index in [1.54, 1.807) is 12.1 Å². The monoisotopic (exact) mass is 358 g/mol. The molecule has 0 spiro atoms. The molecule has 0 aliphatic heterocycles. The van der Waals surface area contributed by atoms with E-state index >= 15 is 0 Å². The van der Waals surface area contributed by atoms with Crippen molar-refractivity contribution in [2.45, 2.75) is 90.9 Å². The van der Waals surface area contributed by atoms with Gasteiger partial charge in [0.1, 0.15) is 5.82 Å². The van der Waals surface area contributed by atoms with E-state index < -0.39 is 0 Å². The van der Waals surface area contributed by atoms with E-state index in [1.165, 1.54) is 69.8 Å². The van der Waals surface area contributed by atoms with Gasteiger partial charge in [-0.25, -0.2) is 4.39 Å². The smallest absolute Gasteiger partial charge is 0.123 e. The van der Waals surface area contributed by atoms with Gasteiger partial charge in [0.05, 0.1) is 0 Å². The van der Waals surface area contributed by atoms with Gasteiger partial charge in [0.15, 0.2) is 0 Å². The van der Waals surface area contributed by atoms with Crippen molar-refractivity contribution in [1.82, 2.24) is 0 Å². The Morgan fingerprint density at radius 1 is 0.808 bits per heavy atom. The molecular weight excluding hydrogens is 319 g/mol. The Bertz CT molecular complexity index is 518. The highest BCUT2D eigenvalue weighted by Crippen LogP contribution is 2.45. The van der Waals surface area contributed by atoms with Crippen LogP contribution >= 0.6 is 0 Å². The maximum atomic E-state index is 13.2. The van der Waals surface area contributed by atoms with Crippen LogP contribution in [0.3, 0.4) is 0 Å². The molecule has 2 unspecified atom stereocenters. The summed E-state index contributed by atoms with van der Waals surface area (Å²) < 4.78 is 13.2. The maximum absolute atomic E-state index is 13.2. The van der Waals surface area contributed by atoms with E-state index in [2.05, 4.69) is 20.8 Å². The minimum Gasteiger partial charge on any atom is -0.207 e. The number of rotatable bonds is 6. The fraction of sp³-hybridized carbons (Fsp3) is 0.760. The van der Waals surface area contributed by atoms with Crippen LogP contribution in [0.4, 0.5) is 4.39 Å². The molecule has 1 heteroatoms. The fourth-order valence-electron chi connectivity index (χ4n) is 6.01. The van der Waals surface area contributed by atoms with Crippen LogP contribution in [0, 0.1) is 35.4 Å². The zero-order valence-electron chi connectivity index (χ0n) is 17.2. The molecule has 1 aromatic rings. The largest absolute Gasteiger partial charge is 0.207 e. The van der Waals surface area contributed by atoms with Gasteiger partial charge < -0.3 is 0 Å². The van der Waals surface area contributed by atoms with Crippen LogP contribution in [0.5, 0.6) is 0 Å². The predicted octanol–water partition coefficient (Wildman–Crippen LogP) is 7.98. The zero-order chi connectivity index (χ0) is 18.5. The third-order valence-electron chi connectivity index (χ3n) is 7.99. The van der Waals surface area contributed by atoms with Crippen molar-refractivity contribution in [3.63, 3.8) is 0 Å². The lowest BCUT2D eigenvalue weighted by Crippen LogP contribution is -2.29. The van der Waals surface area contributed by atoms with Crippen LogP contribution in [0.25, 0.3) is 0 Å². The molecule has 26 heavy (non-hydrogen) atoms. The Morgan fingerprint density at radius 3 is 1.85 bits per heavy atom. The summed E-state index contributed by atoms with van der Waals surface area (Å²) in [5.41, 5.74) is 1.32. The molecule has 0 nitrogen and oxygen atoms in total. The Balaban J connectivity index is 1.46. The van der Waals surface area contributed by atoms with E-state index in [9.17, 15) is 4.39 Å². The second kappa shape index (κ2) is 9.38. The molecular formula is C25H39F. The third kappa shape index (κ3) is 4.90. The minimum atomic E-state index is -0.118. The Kier molecular flexibility index (Phi) is 7.18. The summed E-state index contributed by atoms with van der Waals surface area (Å²) in [6.07, 6.45) is 14.3. The molecule has 0 aromatic heterocycles. The second-order valence-corrected chi connectivity index (χ2v) is 9.44. The average molecular weight is 359 g/mol. The lowest BCUT2D eigenvalue weighted by molar-refractivity contribution is 0.118. The highest BCUT2D eigenvalue weighted by Gasteiger charge is 2.33. The van der Waals surface area contributed by atoms with Gasteiger partial charge in [-0.15, -0.1) is 0 Å². The van der Waals surface area contributed by atoms with Crippen LogP contribution in [0.1, 0.15) is 96.5 Å². The van der Waals surface area contributed by atoms with Gasteiger partial charge in [0.2, 0.25) is 0 Å². The minimum absolute atomic E-state index is 0.118. The van der Waals surface area contributed by atoms with Crippen molar-refractivity contribution >= 4 is 0 Å². The van der Waals surface area contributed by atoms with Crippen LogP contribution in [0.2, 0.25) is 0 Å². The number of halogens is 1. The van der Waals surface area contributed by atoms with Crippen LogP contribution in [0.15, 0.2) is 24.3 Å². The Labute approximate surface area is 161 Å². The molecule has 2 fully saturated rings. The van der Waals surface area contributed by atoms with Gasteiger partial charge in [0.25, 0.3) is 0 Å². The molecule has 0 saturated heterocycles. The lowest BCUT2D eigenvalue weighted by atomic mass is 9.65. The topological polar surface area (TPSA) is 0 Å². The first-order chi connectivity index (χ1) is 12.6. The molecule has 3 rings (SSSR count). The number of hydrogen-bond donors (Lipinski definition) is 0. The summed E-state index contributed by atoms with van der Waals surface area (Å²) in [5.74, 6) is 5.10. The fourth-order valence-corrected chi connectivity index (χ4v) is 6.01. The lowest BCUT2D eigenvalue weighted by Gasteiger charge is -2.40. The maximum Gasteiger partial charge on any atom is 0.123 e. The van der Waals surface area contributed by atoms with E-state index in [0.29, 0.717) is 5.92 Å². The molecule has 2 aliphatic rings. The van der Waals surface area contributed by atoms with E-state index in [1.807, 2.05) is 12.1 Å². The molecule has 0 amide bonds. The number of benzene rings is 1. The molecule has 1 aromatic carbocycles. The van der Waals surface area contributed by atoms with Gasteiger partial charge in [-0.1, -0.05) is 58.6 Å². The summed E-state index contributed by atoms with van der Waals surface area (Å²) in [5, 5.41) is 0. The molecule has 0 bridgehead atoms.